The molecular formula is C18H25N5O4. The molecule has 0 atom stereocenters. The molecule has 0 aromatic carbocycles. The molecule has 2 rings (SSSR count). The van der Waals surface area contributed by atoms with E-state index in [0.29, 0.717) is 11.7 Å². The standard InChI is InChI=1S/C18H25N5O4/c1-11(2)10-23-13(4)15(12(3)22-23)8-16(24)20-21-18(26)17(25)19-9-14-6-5-7-27-14/h5-7,11H,8-10H2,1-4H3,(H,19,25)(H,20,24)(H,21,26). The fraction of sp³-hybridized carbons (Fsp3) is 0.444. The molecule has 0 fully saturated rings. The van der Waals surface area contributed by atoms with Gasteiger partial charge < -0.3 is 9.73 Å². The quantitative estimate of drug-likeness (QED) is 0.509. The van der Waals surface area contributed by atoms with Crippen LogP contribution in [0.15, 0.2) is 22.8 Å². The van der Waals surface area contributed by atoms with Crippen molar-refractivity contribution >= 4 is 17.7 Å². The average molecular weight is 375 g/mol. The Morgan fingerprint density at radius 3 is 2.56 bits per heavy atom. The average Bonchev–Trinajstić information content (AvgIpc) is 3.21. The van der Waals surface area contributed by atoms with Gasteiger partial charge in [-0.1, -0.05) is 13.8 Å². The number of rotatable bonds is 6. The molecule has 3 amide bonds. The molecule has 0 radical (unpaired) electrons. The molecule has 9 nitrogen and oxygen atoms in total. The fourth-order valence-corrected chi connectivity index (χ4v) is 2.56. The Labute approximate surface area is 157 Å². The molecule has 0 aliphatic heterocycles. The molecule has 9 heteroatoms. The molecule has 0 unspecified atom stereocenters. The number of nitrogens with one attached hydrogen (secondary N) is 3. The monoisotopic (exact) mass is 375 g/mol. The van der Waals surface area contributed by atoms with Crippen LogP contribution in [0.25, 0.3) is 0 Å². The van der Waals surface area contributed by atoms with Crippen LogP contribution in [0.4, 0.5) is 0 Å². The van der Waals surface area contributed by atoms with Gasteiger partial charge in [0.05, 0.1) is 24.9 Å². The van der Waals surface area contributed by atoms with Crippen molar-refractivity contribution in [2.75, 3.05) is 0 Å². The smallest absolute Gasteiger partial charge is 0.327 e. The third-order valence-electron chi connectivity index (χ3n) is 3.93. The van der Waals surface area contributed by atoms with Crippen molar-refractivity contribution < 1.29 is 18.8 Å². The van der Waals surface area contributed by atoms with Crippen LogP contribution in [0.2, 0.25) is 0 Å². The Morgan fingerprint density at radius 1 is 1.19 bits per heavy atom. The number of carbonyl (C=O) groups excluding carboxylic acids is 3. The van der Waals surface area contributed by atoms with Crippen molar-refractivity contribution in [3.63, 3.8) is 0 Å². The van der Waals surface area contributed by atoms with Gasteiger partial charge in [-0.05, 0) is 31.9 Å². The Morgan fingerprint density at radius 2 is 1.93 bits per heavy atom. The summed E-state index contributed by atoms with van der Waals surface area (Å²) in [6.45, 7) is 8.78. The highest BCUT2D eigenvalue weighted by Gasteiger charge is 2.18. The molecule has 0 spiro atoms. The van der Waals surface area contributed by atoms with Gasteiger partial charge in [0.1, 0.15) is 5.76 Å². The maximum absolute atomic E-state index is 12.1. The number of amides is 3. The predicted molar refractivity (Wildman–Crippen MR) is 97.1 cm³/mol. The SMILES string of the molecule is Cc1nn(CC(C)C)c(C)c1CC(=O)NNC(=O)C(=O)NCc1ccco1. The van der Waals surface area contributed by atoms with Crippen LogP contribution in [0.3, 0.4) is 0 Å². The molecule has 0 saturated carbocycles. The molecule has 2 heterocycles. The van der Waals surface area contributed by atoms with Gasteiger partial charge in [-0.25, -0.2) is 0 Å². The minimum absolute atomic E-state index is 0.0596. The van der Waals surface area contributed by atoms with Gasteiger partial charge in [0.2, 0.25) is 5.91 Å². The van der Waals surface area contributed by atoms with E-state index in [9.17, 15) is 14.4 Å². The first kappa shape index (κ1) is 20.2. The Balaban J connectivity index is 1.82. The molecular weight excluding hydrogens is 350 g/mol. The van der Waals surface area contributed by atoms with Gasteiger partial charge in [-0.3, -0.25) is 29.9 Å². The maximum atomic E-state index is 12.1. The maximum Gasteiger partial charge on any atom is 0.327 e. The zero-order valence-electron chi connectivity index (χ0n) is 16.0. The van der Waals surface area contributed by atoms with Gasteiger partial charge in [0.25, 0.3) is 0 Å². The topological polar surface area (TPSA) is 118 Å². The molecule has 0 aliphatic carbocycles. The van der Waals surface area contributed by atoms with Crippen LogP contribution in [0, 0.1) is 19.8 Å². The lowest BCUT2D eigenvalue weighted by molar-refractivity contribution is -0.141. The lowest BCUT2D eigenvalue weighted by atomic mass is 10.1. The zero-order chi connectivity index (χ0) is 20.0. The first-order valence-corrected chi connectivity index (χ1v) is 8.70. The highest BCUT2D eigenvalue weighted by molar-refractivity contribution is 6.35. The number of aryl methyl sites for hydroxylation is 1. The van der Waals surface area contributed by atoms with E-state index in [2.05, 4.69) is 35.1 Å². The van der Waals surface area contributed by atoms with E-state index in [-0.39, 0.29) is 13.0 Å². The van der Waals surface area contributed by atoms with E-state index in [1.54, 1.807) is 12.1 Å². The first-order valence-electron chi connectivity index (χ1n) is 8.70. The van der Waals surface area contributed by atoms with E-state index >= 15 is 0 Å². The number of hydrogen-bond acceptors (Lipinski definition) is 5. The molecule has 2 aromatic rings. The van der Waals surface area contributed by atoms with Crippen LogP contribution in [-0.2, 0) is 33.9 Å². The summed E-state index contributed by atoms with van der Waals surface area (Å²) in [4.78, 5) is 35.5. The van der Waals surface area contributed by atoms with Gasteiger partial charge in [0, 0.05) is 17.8 Å². The number of carbonyl (C=O) groups is 3. The second-order valence-corrected chi connectivity index (χ2v) is 6.67. The van der Waals surface area contributed by atoms with Gasteiger partial charge in [-0.15, -0.1) is 0 Å². The molecule has 3 N–H and O–H groups in total. The Kier molecular flexibility index (Phi) is 6.75. The minimum Gasteiger partial charge on any atom is -0.467 e. The summed E-state index contributed by atoms with van der Waals surface area (Å²) in [5.74, 6) is -1.31. The lowest BCUT2D eigenvalue weighted by Gasteiger charge is -2.09. The van der Waals surface area contributed by atoms with Crippen LogP contribution < -0.4 is 16.2 Å². The highest BCUT2D eigenvalue weighted by atomic mass is 16.3. The van der Waals surface area contributed by atoms with E-state index in [1.165, 1.54) is 6.26 Å². The largest absolute Gasteiger partial charge is 0.467 e. The van der Waals surface area contributed by atoms with Crippen molar-refractivity contribution in [1.82, 2.24) is 25.9 Å². The summed E-state index contributed by atoms with van der Waals surface area (Å²) < 4.78 is 6.93. The summed E-state index contributed by atoms with van der Waals surface area (Å²) in [6.07, 6.45) is 1.53. The Hall–Kier alpha value is -3.10. The number of hydrazine groups is 1. The van der Waals surface area contributed by atoms with Crippen molar-refractivity contribution in [2.45, 2.75) is 47.2 Å². The van der Waals surface area contributed by atoms with Crippen LogP contribution in [0.1, 0.15) is 36.6 Å². The molecule has 0 saturated heterocycles. The highest BCUT2D eigenvalue weighted by Crippen LogP contribution is 2.15. The lowest BCUT2D eigenvalue weighted by Crippen LogP contribution is -2.48. The molecule has 27 heavy (non-hydrogen) atoms. The van der Waals surface area contributed by atoms with E-state index in [1.807, 2.05) is 18.5 Å². The van der Waals surface area contributed by atoms with Gasteiger partial charge in [0.15, 0.2) is 0 Å². The van der Waals surface area contributed by atoms with E-state index in [4.69, 9.17) is 4.42 Å². The van der Waals surface area contributed by atoms with Gasteiger partial charge >= 0.3 is 11.8 Å². The summed E-state index contributed by atoms with van der Waals surface area (Å²) >= 11 is 0. The predicted octanol–water partition coefficient (Wildman–Crippen LogP) is 0.755. The summed E-state index contributed by atoms with van der Waals surface area (Å²) in [5, 5.41) is 6.84. The van der Waals surface area contributed by atoms with Crippen LogP contribution in [-0.4, -0.2) is 27.5 Å². The summed E-state index contributed by atoms with van der Waals surface area (Å²) in [7, 11) is 0. The van der Waals surface area contributed by atoms with Crippen molar-refractivity contribution in [3.05, 3.63) is 41.1 Å². The zero-order valence-corrected chi connectivity index (χ0v) is 16.0. The first-order chi connectivity index (χ1) is 12.8. The number of furan rings is 1. The van der Waals surface area contributed by atoms with E-state index < -0.39 is 17.7 Å². The number of aromatic nitrogens is 2. The second kappa shape index (κ2) is 9.02. The number of hydrogen-bond donors (Lipinski definition) is 3. The normalized spacial score (nSPS) is 10.7. The third-order valence-corrected chi connectivity index (χ3v) is 3.93. The third kappa shape index (κ3) is 5.70. The van der Waals surface area contributed by atoms with Crippen LogP contribution >= 0.6 is 0 Å². The number of nitrogens with zero attached hydrogens (tertiary/aromatic N) is 2. The second-order valence-electron chi connectivity index (χ2n) is 6.67. The molecule has 146 valence electrons. The van der Waals surface area contributed by atoms with E-state index in [0.717, 1.165) is 23.5 Å². The Bertz CT molecular complexity index is 808. The fourth-order valence-electron chi connectivity index (χ4n) is 2.56. The van der Waals surface area contributed by atoms with Crippen molar-refractivity contribution in [3.8, 4) is 0 Å². The van der Waals surface area contributed by atoms with Crippen molar-refractivity contribution in [1.29, 1.82) is 0 Å². The molecule has 2 aromatic heterocycles. The van der Waals surface area contributed by atoms with Crippen molar-refractivity contribution in [2.24, 2.45) is 5.92 Å². The summed E-state index contributed by atoms with van der Waals surface area (Å²) in [6, 6.07) is 3.35. The van der Waals surface area contributed by atoms with Gasteiger partial charge in [-0.2, -0.15) is 5.10 Å². The molecule has 0 aliphatic rings. The molecule has 0 bridgehead atoms. The van der Waals surface area contributed by atoms with Crippen LogP contribution in [0.5, 0.6) is 0 Å². The minimum atomic E-state index is -0.959. The summed E-state index contributed by atoms with van der Waals surface area (Å²) in [5.41, 5.74) is 6.85.